The maximum absolute atomic E-state index is 12.4. The van der Waals surface area contributed by atoms with Gasteiger partial charge in [-0.15, -0.1) is 11.6 Å². The molecule has 0 N–H and O–H groups in total. The van der Waals surface area contributed by atoms with Crippen molar-refractivity contribution >= 4 is 11.6 Å². The van der Waals surface area contributed by atoms with Gasteiger partial charge >= 0.3 is 6.18 Å². The first-order valence-corrected chi connectivity index (χ1v) is 5.86. The molecule has 4 nitrogen and oxygen atoms in total. The first kappa shape index (κ1) is 13.8. The van der Waals surface area contributed by atoms with Crippen LogP contribution in [0.1, 0.15) is 30.1 Å². The molecule has 1 unspecified atom stereocenters. The predicted octanol–water partition coefficient (Wildman–Crippen LogP) is 3.84. The molecule has 0 aromatic carbocycles. The fraction of sp³-hybridized carbons (Fsp3) is 0.364. The Morgan fingerprint density at radius 2 is 2.11 bits per heavy atom. The van der Waals surface area contributed by atoms with Crippen LogP contribution in [0.3, 0.4) is 0 Å². The van der Waals surface area contributed by atoms with E-state index in [-0.39, 0.29) is 11.6 Å². The lowest BCUT2D eigenvalue weighted by atomic mass is 10.2. The minimum Gasteiger partial charge on any atom is -0.332 e. The molecule has 0 saturated heterocycles. The topological polar surface area (TPSA) is 51.8 Å². The number of hydrogen-bond donors (Lipinski definition) is 0. The highest BCUT2D eigenvalue weighted by Gasteiger charge is 2.31. The van der Waals surface area contributed by atoms with Crippen LogP contribution in [-0.4, -0.2) is 15.1 Å². The molecule has 0 amide bonds. The Balaban J connectivity index is 2.25. The molecule has 0 spiro atoms. The van der Waals surface area contributed by atoms with Gasteiger partial charge in [-0.1, -0.05) is 12.1 Å². The van der Waals surface area contributed by atoms with Crippen LogP contribution < -0.4 is 0 Å². The molecule has 2 aromatic rings. The highest BCUT2D eigenvalue weighted by atomic mass is 35.5. The second-order valence-electron chi connectivity index (χ2n) is 3.76. The summed E-state index contributed by atoms with van der Waals surface area (Å²) < 4.78 is 42.0. The van der Waals surface area contributed by atoms with Crippen LogP contribution in [0.2, 0.25) is 0 Å². The van der Waals surface area contributed by atoms with Gasteiger partial charge < -0.3 is 4.52 Å². The van der Waals surface area contributed by atoms with Crippen molar-refractivity contribution in [2.45, 2.75) is 24.9 Å². The summed E-state index contributed by atoms with van der Waals surface area (Å²) in [6, 6.07) is 2.08. The van der Waals surface area contributed by atoms with E-state index in [9.17, 15) is 13.2 Å². The fourth-order valence-electron chi connectivity index (χ4n) is 1.34. The number of hydrogen-bond acceptors (Lipinski definition) is 4. The zero-order valence-corrected chi connectivity index (χ0v) is 10.5. The van der Waals surface area contributed by atoms with Crippen LogP contribution in [0.15, 0.2) is 22.9 Å². The molecule has 0 aliphatic heterocycles. The molecule has 2 aromatic heterocycles. The van der Waals surface area contributed by atoms with Gasteiger partial charge in [-0.05, 0) is 18.6 Å². The average molecular weight is 292 g/mol. The van der Waals surface area contributed by atoms with E-state index in [2.05, 4.69) is 15.1 Å². The molecule has 8 heteroatoms. The molecule has 102 valence electrons. The zero-order valence-electron chi connectivity index (χ0n) is 9.78. The SMILES string of the molecule is CCC(Cl)c1noc(-c2ccc(C(F)(F)F)cn2)n1. The summed E-state index contributed by atoms with van der Waals surface area (Å²) in [6.45, 7) is 1.85. The van der Waals surface area contributed by atoms with Gasteiger partial charge in [-0.25, -0.2) is 0 Å². The summed E-state index contributed by atoms with van der Waals surface area (Å²) in [7, 11) is 0. The minimum absolute atomic E-state index is 0.0443. The Bertz CT molecular complexity index is 553. The smallest absolute Gasteiger partial charge is 0.332 e. The average Bonchev–Trinajstić information content (AvgIpc) is 2.86. The summed E-state index contributed by atoms with van der Waals surface area (Å²) >= 11 is 5.92. The molecule has 0 fully saturated rings. The van der Waals surface area contributed by atoms with Gasteiger partial charge in [0.25, 0.3) is 5.89 Å². The molecule has 2 rings (SSSR count). The summed E-state index contributed by atoms with van der Waals surface area (Å²) in [5.74, 6) is 0.337. The lowest BCUT2D eigenvalue weighted by Gasteiger charge is -2.05. The molecule has 0 aliphatic rings. The van der Waals surface area contributed by atoms with Crippen LogP contribution in [0, 0.1) is 0 Å². The highest BCUT2D eigenvalue weighted by Crippen LogP contribution is 2.30. The molecule has 19 heavy (non-hydrogen) atoms. The van der Waals surface area contributed by atoms with Crippen molar-refractivity contribution in [3.05, 3.63) is 29.7 Å². The molecule has 1 atom stereocenters. The number of nitrogens with zero attached hydrogens (tertiary/aromatic N) is 3. The van der Waals surface area contributed by atoms with Gasteiger partial charge in [0.1, 0.15) is 5.69 Å². The van der Waals surface area contributed by atoms with E-state index in [1.165, 1.54) is 6.07 Å². The third-order valence-electron chi connectivity index (χ3n) is 2.39. The molecule has 0 saturated carbocycles. The summed E-state index contributed by atoms with van der Waals surface area (Å²) in [4.78, 5) is 7.64. The molecule has 0 bridgehead atoms. The lowest BCUT2D eigenvalue weighted by molar-refractivity contribution is -0.137. The van der Waals surface area contributed by atoms with Crippen molar-refractivity contribution in [1.82, 2.24) is 15.1 Å². The molecule has 2 heterocycles. The molecule has 0 radical (unpaired) electrons. The normalized spacial score (nSPS) is 13.5. The van der Waals surface area contributed by atoms with E-state index in [0.717, 1.165) is 12.3 Å². The van der Waals surface area contributed by atoms with Gasteiger partial charge in [0, 0.05) is 6.20 Å². The van der Waals surface area contributed by atoms with E-state index >= 15 is 0 Å². The van der Waals surface area contributed by atoms with Crippen molar-refractivity contribution in [2.75, 3.05) is 0 Å². The molecule has 0 aliphatic carbocycles. The molecular weight excluding hydrogens is 283 g/mol. The Morgan fingerprint density at radius 1 is 1.37 bits per heavy atom. The fourth-order valence-corrected chi connectivity index (χ4v) is 1.43. The van der Waals surface area contributed by atoms with Crippen LogP contribution in [0.4, 0.5) is 13.2 Å². The second kappa shape index (κ2) is 5.16. The number of rotatable bonds is 3. The van der Waals surface area contributed by atoms with Crippen LogP contribution in [0.25, 0.3) is 11.6 Å². The van der Waals surface area contributed by atoms with E-state index in [1.807, 2.05) is 6.92 Å². The number of halogens is 4. The van der Waals surface area contributed by atoms with E-state index in [1.54, 1.807) is 0 Å². The largest absolute Gasteiger partial charge is 0.417 e. The van der Waals surface area contributed by atoms with E-state index in [0.29, 0.717) is 12.2 Å². The van der Waals surface area contributed by atoms with Gasteiger partial charge in [0.15, 0.2) is 5.82 Å². The van der Waals surface area contributed by atoms with Crippen molar-refractivity contribution in [3.63, 3.8) is 0 Å². The van der Waals surface area contributed by atoms with Gasteiger partial charge in [-0.3, -0.25) is 4.98 Å². The van der Waals surface area contributed by atoms with Crippen LogP contribution in [0.5, 0.6) is 0 Å². The summed E-state index contributed by atoms with van der Waals surface area (Å²) in [5.41, 5.74) is -0.661. The van der Waals surface area contributed by atoms with Gasteiger partial charge in [0.05, 0.1) is 10.9 Å². The third kappa shape index (κ3) is 3.04. The van der Waals surface area contributed by atoms with Crippen molar-refractivity contribution in [1.29, 1.82) is 0 Å². The Labute approximate surface area is 111 Å². The van der Waals surface area contributed by atoms with Crippen LogP contribution in [-0.2, 0) is 6.18 Å². The number of alkyl halides is 4. The van der Waals surface area contributed by atoms with Crippen molar-refractivity contribution in [2.24, 2.45) is 0 Å². The summed E-state index contributed by atoms with van der Waals surface area (Å²) in [5, 5.41) is 3.26. The zero-order chi connectivity index (χ0) is 14.0. The predicted molar refractivity (Wildman–Crippen MR) is 61.4 cm³/mol. The third-order valence-corrected chi connectivity index (χ3v) is 2.89. The van der Waals surface area contributed by atoms with E-state index < -0.39 is 17.1 Å². The van der Waals surface area contributed by atoms with Gasteiger partial charge in [0.2, 0.25) is 0 Å². The standard InChI is InChI=1S/C11H9ClF3N3O/c1-2-7(12)9-17-10(19-18-9)8-4-3-6(5-16-8)11(13,14)15/h3-5,7H,2H2,1H3. The number of pyridine rings is 1. The highest BCUT2D eigenvalue weighted by molar-refractivity contribution is 6.20. The van der Waals surface area contributed by atoms with Crippen molar-refractivity contribution < 1.29 is 17.7 Å². The lowest BCUT2D eigenvalue weighted by Crippen LogP contribution is -2.05. The number of aromatic nitrogens is 3. The Kier molecular flexibility index (Phi) is 3.75. The van der Waals surface area contributed by atoms with E-state index in [4.69, 9.17) is 16.1 Å². The first-order valence-electron chi connectivity index (χ1n) is 5.43. The maximum Gasteiger partial charge on any atom is 0.417 e. The van der Waals surface area contributed by atoms with Gasteiger partial charge in [-0.2, -0.15) is 18.2 Å². The first-order chi connectivity index (χ1) is 8.91. The minimum atomic E-state index is -4.42. The summed E-state index contributed by atoms with van der Waals surface area (Å²) in [6.07, 6.45) is -3.09. The monoisotopic (exact) mass is 291 g/mol. The van der Waals surface area contributed by atoms with Crippen LogP contribution >= 0.6 is 11.6 Å². The quantitative estimate of drug-likeness (QED) is 0.806. The Hall–Kier alpha value is -1.63. The van der Waals surface area contributed by atoms with Crippen molar-refractivity contribution in [3.8, 4) is 11.6 Å². The maximum atomic E-state index is 12.4. The second-order valence-corrected chi connectivity index (χ2v) is 4.29. The Morgan fingerprint density at radius 3 is 2.63 bits per heavy atom. The molecular formula is C11H9ClF3N3O.